The zero-order valence-corrected chi connectivity index (χ0v) is 20.6. The topological polar surface area (TPSA) is 128 Å². The van der Waals surface area contributed by atoms with Gasteiger partial charge in [0.05, 0.1) is 41.4 Å². The number of fused-ring (bicyclic) bond motifs is 1. The number of hydrogen-bond donors (Lipinski definition) is 1. The SMILES string of the molecule is Cc1nnc(Cn2c(=O)n(Cc3cnn(C)c3)c(=O)c3cc(N(S(=O)O)C4(CF)CC4)ccc32)s1. The van der Waals surface area contributed by atoms with Crippen LogP contribution in [-0.4, -0.2) is 50.1 Å². The molecule has 1 aromatic carbocycles. The summed E-state index contributed by atoms with van der Waals surface area (Å²) in [5.41, 5.74) is -0.928. The number of alkyl halides is 1. The number of hydrogen-bond acceptors (Lipinski definition) is 7. The molecule has 1 fully saturated rings. The lowest BCUT2D eigenvalue weighted by Gasteiger charge is -2.28. The molecule has 35 heavy (non-hydrogen) atoms. The number of anilines is 1. The van der Waals surface area contributed by atoms with Gasteiger partial charge >= 0.3 is 5.69 Å². The van der Waals surface area contributed by atoms with Gasteiger partial charge in [-0.3, -0.25) is 27.5 Å². The molecule has 1 atom stereocenters. The van der Waals surface area contributed by atoms with Crippen LogP contribution in [0.4, 0.5) is 10.1 Å². The van der Waals surface area contributed by atoms with Gasteiger partial charge < -0.3 is 0 Å². The van der Waals surface area contributed by atoms with Gasteiger partial charge in [-0.25, -0.2) is 13.4 Å². The lowest BCUT2D eigenvalue weighted by Crippen LogP contribution is -2.42. The molecule has 0 spiro atoms. The molecule has 1 N–H and O–H groups in total. The molecule has 1 unspecified atom stereocenters. The predicted molar refractivity (Wildman–Crippen MR) is 130 cm³/mol. The lowest BCUT2D eigenvalue weighted by molar-refractivity contribution is 0.413. The lowest BCUT2D eigenvalue weighted by atomic mass is 10.2. The predicted octanol–water partition coefficient (Wildman–Crippen LogP) is 1.60. The van der Waals surface area contributed by atoms with Crippen LogP contribution in [0.15, 0.2) is 40.2 Å². The molecule has 11 nitrogen and oxygen atoms in total. The molecule has 3 aromatic heterocycles. The van der Waals surface area contributed by atoms with E-state index in [1.165, 1.54) is 28.0 Å². The van der Waals surface area contributed by atoms with Gasteiger partial charge in [0.25, 0.3) is 16.8 Å². The zero-order valence-electron chi connectivity index (χ0n) is 18.9. The monoisotopic (exact) mass is 519 g/mol. The van der Waals surface area contributed by atoms with E-state index in [2.05, 4.69) is 15.3 Å². The van der Waals surface area contributed by atoms with Crippen LogP contribution in [-0.2, 0) is 31.4 Å². The van der Waals surface area contributed by atoms with Crippen LogP contribution in [0.5, 0.6) is 0 Å². The van der Waals surface area contributed by atoms with Crippen LogP contribution in [0.25, 0.3) is 10.9 Å². The Morgan fingerprint density at radius 2 is 2.00 bits per heavy atom. The summed E-state index contributed by atoms with van der Waals surface area (Å²) in [6, 6.07) is 4.52. The van der Waals surface area contributed by atoms with Crippen molar-refractivity contribution in [2.24, 2.45) is 7.05 Å². The minimum absolute atomic E-state index is 0.00904. The summed E-state index contributed by atoms with van der Waals surface area (Å²) in [4.78, 5) is 27.0. The Balaban J connectivity index is 1.71. The molecule has 0 saturated heterocycles. The fourth-order valence-corrected chi connectivity index (χ4v) is 5.72. The molecule has 1 aliphatic rings. The maximum Gasteiger partial charge on any atom is 0.332 e. The number of halogens is 1. The highest BCUT2D eigenvalue weighted by Gasteiger charge is 2.51. The van der Waals surface area contributed by atoms with E-state index in [-0.39, 0.29) is 24.2 Å². The van der Waals surface area contributed by atoms with Crippen LogP contribution < -0.4 is 15.6 Å². The average molecular weight is 520 g/mol. The van der Waals surface area contributed by atoms with Gasteiger partial charge in [-0.15, -0.1) is 10.2 Å². The van der Waals surface area contributed by atoms with Crippen LogP contribution in [0, 0.1) is 6.92 Å². The highest BCUT2D eigenvalue weighted by molar-refractivity contribution is 7.80. The molecular formula is C21H22FN7O4S2. The quantitative estimate of drug-likeness (QED) is 0.350. The Kier molecular flexibility index (Phi) is 5.89. The van der Waals surface area contributed by atoms with E-state index in [4.69, 9.17) is 0 Å². The molecule has 4 aromatic rings. The summed E-state index contributed by atoms with van der Waals surface area (Å²) >= 11 is -1.16. The fourth-order valence-electron chi connectivity index (χ4n) is 4.17. The summed E-state index contributed by atoms with van der Waals surface area (Å²) < 4.78 is 41.1. The van der Waals surface area contributed by atoms with Gasteiger partial charge in [0.2, 0.25) is 0 Å². The first kappa shape index (κ1) is 23.5. The summed E-state index contributed by atoms with van der Waals surface area (Å²) in [6.07, 6.45) is 4.13. The van der Waals surface area contributed by atoms with Gasteiger partial charge in [-0.2, -0.15) is 5.10 Å². The van der Waals surface area contributed by atoms with Gasteiger partial charge in [-0.05, 0) is 38.0 Å². The maximum absolute atomic E-state index is 13.8. The van der Waals surface area contributed by atoms with Crippen molar-refractivity contribution in [2.45, 2.75) is 38.4 Å². The highest BCUT2D eigenvalue weighted by atomic mass is 32.2. The maximum atomic E-state index is 13.8. The minimum Gasteiger partial charge on any atom is -0.289 e. The minimum atomic E-state index is -2.49. The van der Waals surface area contributed by atoms with E-state index in [1.807, 2.05) is 0 Å². The number of nitrogens with zero attached hydrogens (tertiary/aromatic N) is 7. The number of aryl methyl sites for hydroxylation is 2. The van der Waals surface area contributed by atoms with Crippen LogP contribution >= 0.6 is 11.3 Å². The van der Waals surface area contributed by atoms with Gasteiger partial charge in [0, 0.05) is 18.8 Å². The summed E-state index contributed by atoms with van der Waals surface area (Å²) in [5.74, 6) is 0. The third-order valence-corrected chi connectivity index (χ3v) is 7.80. The Morgan fingerprint density at radius 1 is 1.23 bits per heavy atom. The summed E-state index contributed by atoms with van der Waals surface area (Å²) in [7, 11) is 1.73. The first-order valence-corrected chi connectivity index (χ1v) is 12.6. The van der Waals surface area contributed by atoms with Crippen molar-refractivity contribution in [3.8, 4) is 0 Å². The third kappa shape index (κ3) is 4.21. The molecule has 184 valence electrons. The van der Waals surface area contributed by atoms with Crippen molar-refractivity contribution in [1.82, 2.24) is 29.1 Å². The van der Waals surface area contributed by atoms with Crippen molar-refractivity contribution in [3.63, 3.8) is 0 Å². The van der Waals surface area contributed by atoms with E-state index in [0.717, 1.165) is 13.9 Å². The molecule has 14 heteroatoms. The van der Waals surface area contributed by atoms with Gasteiger partial charge in [-0.1, -0.05) is 11.3 Å². The smallest absolute Gasteiger partial charge is 0.289 e. The molecule has 0 bridgehead atoms. The summed E-state index contributed by atoms with van der Waals surface area (Å²) in [6.45, 7) is 1.10. The first-order valence-electron chi connectivity index (χ1n) is 10.7. The molecule has 0 radical (unpaired) electrons. The Morgan fingerprint density at radius 3 is 2.57 bits per heavy atom. The van der Waals surface area contributed by atoms with Crippen LogP contribution in [0.3, 0.4) is 0 Å². The van der Waals surface area contributed by atoms with E-state index in [0.29, 0.717) is 28.9 Å². The summed E-state index contributed by atoms with van der Waals surface area (Å²) in [5, 5.41) is 13.7. The van der Waals surface area contributed by atoms with Gasteiger partial charge in [0.1, 0.15) is 16.7 Å². The Hall–Kier alpha value is -3.23. The zero-order chi connectivity index (χ0) is 24.9. The van der Waals surface area contributed by atoms with Crippen molar-refractivity contribution < 1.29 is 13.2 Å². The van der Waals surface area contributed by atoms with Crippen molar-refractivity contribution >= 4 is 39.2 Å². The molecule has 0 amide bonds. The van der Waals surface area contributed by atoms with Crippen LogP contribution in [0.2, 0.25) is 0 Å². The molecule has 5 rings (SSSR count). The van der Waals surface area contributed by atoms with Crippen molar-refractivity contribution in [2.75, 3.05) is 11.0 Å². The van der Waals surface area contributed by atoms with E-state index < -0.39 is 34.7 Å². The van der Waals surface area contributed by atoms with E-state index >= 15 is 0 Å². The Bertz CT molecular complexity index is 1570. The third-order valence-electron chi connectivity index (χ3n) is 6.07. The van der Waals surface area contributed by atoms with Crippen molar-refractivity contribution in [3.05, 3.63) is 67.0 Å². The number of benzene rings is 1. The second kappa shape index (κ2) is 8.77. The largest absolute Gasteiger partial charge is 0.332 e. The normalized spacial score (nSPS) is 15.4. The molecule has 1 saturated carbocycles. The second-order valence-electron chi connectivity index (χ2n) is 8.58. The molecule has 0 aliphatic heterocycles. The Labute approximate surface area is 204 Å². The molecule has 1 aliphatic carbocycles. The number of rotatable bonds is 8. The van der Waals surface area contributed by atoms with E-state index in [9.17, 15) is 22.7 Å². The van der Waals surface area contributed by atoms with E-state index in [1.54, 1.807) is 37.1 Å². The average Bonchev–Trinajstić information content (AvgIpc) is 3.31. The standard InChI is InChI=1S/C21H22FN7O4S2/c1-13-24-25-18(34-13)11-27-17-4-3-15(29(35(32)33)21(12-22)5-6-21)7-16(17)19(30)28(20(27)31)10-14-8-23-26(2)9-14/h3-4,7-9H,5-6,10-12H2,1-2H3,(H,32,33). The van der Waals surface area contributed by atoms with Crippen molar-refractivity contribution in [1.29, 1.82) is 0 Å². The molecule has 3 heterocycles. The first-order chi connectivity index (χ1) is 16.7. The van der Waals surface area contributed by atoms with Crippen LogP contribution in [0.1, 0.15) is 28.4 Å². The molecular weight excluding hydrogens is 497 g/mol. The highest BCUT2D eigenvalue weighted by Crippen LogP contribution is 2.45. The fraction of sp³-hybridized carbons (Fsp3) is 0.381. The number of aromatic nitrogens is 6. The second-order valence-corrected chi connectivity index (χ2v) is 10.7. The van der Waals surface area contributed by atoms with Gasteiger partial charge in [0.15, 0.2) is 0 Å².